The van der Waals surface area contributed by atoms with Gasteiger partial charge >= 0.3 is 0 Å². The van der Waals surface area contributed by atoms with Gasteiger partial charge in [0.05, 0.1) is 12.2 Å². The quantitative estimate of drug-likeness (QED) is 0.682. The summed E-state index contributed by atoms with van der Waals surface area (Å²) in [4.78, 5) is 16.5. The number of nitrogens with zero attached hydrogens (tertiary/aromatic N) is 5. The van der Waals surface area contributed by atoms with Crippen LogP contribution in [0.3, 0.4) is 0 Å². The summed E-state index contributed by atoms with van der Waals surface area (Å²) < 4.78 is 2.24. The van der Waals surface area contributed by atoms with E-state index in [4.69, 9.17) is 9.97 Å². The monoisotopic (exact) mass is 361 g/mol. The summed E-state index contributed by atoms with van der Waals surface area (Å²) in [7, 11) is 0. The Morgan fingerprint density at radius 1 is 1.07 bits per heavy atom. The maximum atomic E-state index is 4.89. The van der Waals surface area contributed by atoms with Crippen LogP contribution in [0.4, 0.5) is 5.82 Å². The van der Waals surface area contributed by atoms with Crippen LogP contribution in [0.2, 0.25) is 0 Å². The molecule has 0 N–H and O–H groups in total. The molecule has 4 rings (SSSR count). The van der Waals surface area contributed by atoms with E-state index in [0.717, 1.165) is 49.1 Å². The Balaban J connectivity index is 1.52. The summed E-state index contributed by atoms with van der Waals surface area (Å²) in [6.07, 6.45) is 8.16. The predicted octanol–water partition coefficient (Wildman–Crippen LogP) is 4.23. The fourth-order valence-electron chi connectivity index (χ4n) is 3.81. The number of hydrogen-bond acceptors (Lipinski definition) is 4. The van der Waals surface area contributed by atoms with E-state index >= 15 is 0 Å². The zero-order valence-electron chi connectivity index (χ0n) is 16.1. The SMILES string of the molecule is CC(C)c1cccc(N2CCC[C@H](c3nccn3Cc3ccccn3)C2)n1. The van der Waals surface area contributed by atoms with Gasteiger partial charge in [-0.15, -0.1) is 0 Å². The van der Waals surface area contributed by atoms with Gasteiger partial charge in [0.1, 0.15) is 11.6 Å². The van der Waals surface area contributed by atoms with E-state index in [0.29, 0.717) is 11.8 Å². The van der Waals surface area contributed by atoms with Crippen molar-refractivity contribution < 1.29 is 0 Å². The highest BCUT2D eigenvalue weighted by atomic mass is 15.2. The summed E-state index contributed by atoms with van der Waals surface area (Å²) in [5.74, 6) is 3.11. The van der Waals surface area contributed by atoms with Crippen molar-refractivity contribution in [2.24, 2.45) is 0 Å². The molecule has 0 aromatic carbocycles. The van der Waals surface area contributed by atoms with Crippen LogP contribution in [-0.2, 0) is 6.54 Å². The first kappa shape index (κ1) is 17.7. The Hall–Kier alpha value is -2.69. The highest BCUT2D eigenvalue weighted by Crippen LogP contribution is 2.29. The molecule has 3 aromatic heterocycles. The molecular formula is C22H27N5. The van der Waals surface area contributed by atoms with Gasteiger partial charge in [0.2, 0.25) is 0 Å². The highest BCUT2D eigenvalue weighted by molar-refractivity contribution is 5.41. The van der Waals surface area contributed by atoms with Crippen molar-refractivity contribution in [3.05, 3.63) is 72.2 Å². The Kier molecular flexibility index (Phi) is 5.19. The lowest BCUT2D eigenvalue weighted by atomic mass is 9.97. The van der Waals surface area contributed by atoms with Gasteiger partial charge in [-0.3, -0.25) is 4.98 Å². The predicted molar refractivity (Wildman–Crippen MR) is 108 cm³/mol. The molecule has 1 aliphatic rings. The van der Waals surface area contributed by atoms with Gasteiger partial charge in [0.25, 0.3) is 0 Å². The minimum Gasteiger partial charge on any atom is -0.356 e. The zero-order valence-corrected chi connectivity index (χ0v) is 16.1. The first-order chi connectivity index (χ1) is 13.2. The lowest BCUT2D eigenvalue weighted by Crippen LogP contribution is -2.36. The minimum absolute atomic E-state index is 0.418. The van der Waals surface area contributed by atoms with Crippen LogP contribution < -0.4 is 4.90 Å². The topological polar surface area (TPSA) is 46.8 Å². The van der Waals surface area contributed by atoms with Gasteiger partial charge in [0, 0.05) is 43.3 Å². The molecule has 0 aliphatic carbocycles. The lowest BCUT2D eigenvalue weighted by molar-refractivity contribution is 0.473. The molecule has 5 heteroatoms. The first-order valence-electron chi connectivity index (χ1n) is 9.83. The van der Waals surface area contributed by atoms with Crippen molar-refractivity contribution in [1.82, 2.24) is 19.5 Å². The van der Waals surface area contributed by atoms with Crippen LogP contribution in [0, 0.1) is 0 Å². The number of imidazole rings is 1. The number of rotatable bonds is 5. The molecule has 0 spiro atoms. The van der Waals surface area contributed by atoms with Gasteiger partial charge in [-0.2, -0.15) is 0 Å². The second-order valence-corrected chi connectivity index (χ2v) is 7.59. The number of hydrogen-bond donors (Lipinski definition) is 0. The van der Waals surface area contributed by atoms with Gasteiger partial charge < -0.3 is 9.47 Å². The molecule has 0 bridgehead atoms. The van der Waals surface area contributed by atoms with Crippen molar-refractivity contribution in [2.75, 3.05) is 18.0 Å². The molecule has 0 saturated carbocycles. The number of anilines is 1. The molecule has 140 valence electrons. The molecule has 3 aromatic rings. The maximum absolute atomic E-state index is 4.89. The van der Waals surface area contributed by atoms with E-state index in [1.807, 2.05) is 24.5 Å². The number of pyridine rings is 2. The lowest BCUT2D eigenvalue weighted by Gasteiger charge is -2.33. The van der Waals surface area contributed by atoms with Crippen LogP contribution in [0.25, 0.3) is 0 Å². The molecule has 0 amide bonds. The number of piperidine rings is 1. The molecule has 0 unspecified atom stereocenters. The summed E-state index contributed by atoms with van der Waals surface area (Å²) in [6.45, 7) is 7.19. The van der Waals surface area contributed by atoms with Crippen molar-refractivity contribution in [3.8, 4) is 0 Å². The van der Waals surface area contributed by atoms with Crippen LogP contribution in [0.15, 0.2) is 55.0 Å². The molecule has 1 fully saturated rings. The zero-order chi connectivity index (χ0) is 18.6. The molecular weight excluding hydrogens is 334 g/mol. The Bertz CT molecular complexity index is 871. The van der Waals surface area contributed by atoms with Gasteiger partial charge in [-0.05, 0) is 43.0 Å². The van der Waals surface area contributed by atoms with Gasteiger partial charge in [0.15, 0.2) is 0 Å². The van der Waals surface area contributed by atoms with E-state index in [-0.39, 0.29) is 0 Å². The van der Waals surface area contributed by atoms with E-state index in [9.17, 15) is 0 Å². The fourth-order valence-corrected chi connectivity index (χ4v) is 3.81. The molecule has 1 aliphatic heterocycles. The second-order valence-electron chi connectivity index (χ2n) is 7.59. The molecule has 1 saturated heterocycles. The molecule has 27 heavy (non-hydrogen) atoms. The van der Waals surface area contributed by atoms with Crippen LogP contribution in [0.1, 0.15) is 55.7 Å². The normalized spacial score (nSPS) is 17.4. The third-order valence-corrected chi connectivity index (χ3v) is 5.26. The molecule has 0 radical (unpaired) electrons. The van der Waals surface area contributed by atoms with Crippen molar-refractivity contribution in [3.63, 3.8) is 0 Å². The largest absolute Gasteiger partial charge is 0.356 e. The van der Waals surface area contributed by atoms with Crippen LogP contribution in [-0.4, -0.2) is 32.6 Å². The smallest absolute Gasteiger partial charge is 0.128 e. The third-order valence-electron chi connectivity index (χ3n) is 5.26. The maximum Gasteiger partial charge on any atom is 0.128 e. The summed E-state index contributed by atoms with van der Waals surface area (Å²) in [5.41, 5.74) is 2.22. The van der Waals surface area contributed by atoms with E-state index in [1.165, 1.54) is 6.42 Å². The van der Waals surface area contributed by atoms with Crippen molar-refractivity contribution >= 4 is 5.82 Å². The van der Waals surface area contributed by atoms with E-state index in [2.05, 4.69) is 58.8 Å². The van der Waals surface area contributed by atoms with Crippen molar-refractivity contribution in [1.29, 1.82) is 0 Å². The highest BCUT2D eigenvalue weighted by Gasteiger charge is 2.25. The first-order valence-corrected chi connectivity index (χ1v) is 9.83. The third kappa shape index (κ3) is 4.02. The van der Waals surface area contributed by atoms with Gasteiger partial charge in [-0.25, -0.2) is 9.97 Å². The standard InChI is InChI=1S/C22H27N5/c1-17(2)20-9-5-10-21(25-20)26-13-6-7-18(15-26)22-24-12-14-27(22)16-19-8-3-4-11-23-19/h3-5,8-12,14,17-18H,6-7,13,15-16H2,1-2H3/t18-/m0/s1. The number of aromatic nitrogens is 4. The molecule has 1 atom stereocenters. The van der Waals surface area contributed by atoms with E-state index in [1.54, 1.807) is 0 Å². The Morgan fingerprint density at radius 3 is 2.81 bits per heavy atom. The Labute approximate surface area is 161 Å². The summed E-state index contributed by atoms with van der Waals surface area (Å²) in [5, 5.41) is 0. The fraction of sp³-hybridized carbons (Fsp3) is 0.409. The summed E-state index contributed by atoms with van der Waals surface area (Å²) in [6, 6.07) is 12.4. The summed E-state index contributed by atoms with van der Waals surface area (Å²) >= 11 is 0. The molecule has 4 heterocycles. The minimum atomic E-state index is 0.418. The Morgan fingerprint density at radius 2 is 2.00 bits per heavy atom. The average molecular weight is 361 g/mol. The average Bonchev–Trinajstić information content (AvgIpc) is 3.17. The molecule has 5 nitrogen and oxygen atoms in total. The van der Waals surface area contributed by atoms with Crippen LogP contribution >= 0.6 is 0 Å². The second kappa shape index (κ2) is 7.91. The van der Waals surface area contributed by atoms with Gasteiger partial charge in [-0.1, -0.05) is 26.0 Å². The van der Waals surface area contributed by atoms with E-state index < -0.39 is 0 Å². The van der Waals surface area contributed by atoms with Crippen molar-refractivity contribution in [2.45, 2.75) is 45.1 Å². The van der Waals surface area contributed by atoms with Crippen LogP contribution in [0.5, 0.6) is 0 Å².